The van der Waals surface area contributed by atoms with Crippen LogP contribution in [0.25, 0.3) is 0 Å². The summed E-state index contributed by atoms with van der Waals surface area (Å²) in [5, 5.41) is 75.7. The van der Waals surface area contributed by atoms with E-state index < -0.39 is 74.2 Å². The zero-order chi connectivity index (χ0) is 42.6. The standard InChI is InChI=1S/C47H91NO10/c1-3-5-7-9-11-13-15-17-19-21-23-25-27-29-31-33-35-40(51)46(56)48-38(37-57-47-45(55)44(54)43(53)41(36-49)58-47)42(52)39(50)34-32-30-28-26-24-22-20-18-16-14-12-10-8-6-4-2/h17,19,38-45,47,49-55H,3-16,18,20-37H2,1-2H3,(H,48,56)/b19-17-. The molecule has 1 saturated heterocycles. The largest absolute Gasteiger partial charge is 0.394 e. The van der Waals surface area contributed by atoms with E-state index in [4.69, 9.17) is 9.47 Å². The van der Waals surface area contributed by atoms with Crippen molar-refractivity contribution in [3.05, 3.63) is 12.2 Å². The highest BCUT2D eigenvalue weighted by Crippen LogP contribution is 2.23. The number of nitrogens with one attached hydrogen (secondary N) is 1. The predicted octanol–water partition coefficient (Wildman–Crippen LogP) is 8.06. The number of carbonyl (C=O) groups is 1. The summed E-state index contributed by atoms with van der Waals surface area (Å²) in [6.45, 7) is 3.44. The molecule has 1 heterocycles. The third-order valence-electron chi connectivity index (χ3n) is 11.8. The van der Waals surface area contributed by atoms with Gasteiger partial charge in [0.1, 0.15) is 36.6 Å². The quantitative estimate of drug-likeness (QED) is 0.0222. The van der Waals surface area contributed by atoms with Gasteiger partial charge in [-0.1, -0.05) is 187 Å². The van der Waals surface area contributed by atoms with E-state index in [0.29, 0.717) is 19.3 Å². The van der Waals surface area contributed by atoms with E-state index in [1.165, 1.54) is 116 Å². The average molecular weight is 830 g/mol. The zero-order valence-electron chi connectivity index (χ0n) is 37.0. The van der Waals surface area contributed by atoms with Crippen molar-refractivity contribution in [1.82, 2.24) is 5.32 Å². The van der Waals surface area contributed by atoms with Crippen molar-refractivity contribution < 1.29 is 50.0 Å². The highest BCUT2D eigenvalue weighted by atomic mass is 16.7. The summed E-state index contributed by atoms with van der Waals surface area (Å²) in [5.41, 5.74) is 0. The number of aliphatic hydroxyl groups excluding tert-OH is 7. The number of ether oxygens (including phenoxy) is 2. The molecule has 1 aliphatic rings. The minimum atomic E-state index is -1.66. The average Bonchev–Trinajstić information content (AvgIpc) is 3.22. The molecule has 0 bridgehead atoms. The molecule has 0 spiro atoms. The van der Waals surface area contributed by atoms with Crippen molar-refractivity contribution >= 4 is 5.91 Å². The fourth-order valence-corrected chi connectivity index (χ4v) is 7.79. The van der Waals surface area contributed by atoms with Crippen molar-refractivity contribution in [3.8, 4) is 0 Å². The molecule has 1 rings (SSSR count). The molecular weight excluding hydrogens is 739 g/mol. The molecular formula is C47H91NO10. The van der Waals surface area contributed by atoms with Gasteiger partial charge in [0, 0.05) is 0 Å². The SMILES string of the molecule is CCCCCCCC/C=C\CCCCCCCCC(O)C(=O)NC(COC1OC(CO)C(O)C(O)C1O)C(O)C(O)CCCCCCCCCCCCCCCCC. The summed E-state index contributed by atoms with van der Waals surface area (Å²) in [7, 11) is 0. The summed E-state index contributed by atoms with van der Waals surface area (Å²) in [4.78, 5) is 13.1. The Kier molecular flexibility index (Phi) is 35.6. The lowest BCUT2D eigenvalue weighted by atomic mass is 9.98. The summed E-state index contributed by atoms with van der Waals surface area (Å²) < 4.78 is 11.1. The number of rotatable bonds is 40. The maximum absolute atomic E-state index is 13.1. The number of amides is 1. The second-order valence-corrected chi connectivity index (χ2v) is 17.2. The molecule has 0 radical (unpaired) electrons. The summed E-state index contributed by atoms with van der Waals surface area (Å²) in [5.74, 6) is -0.701. The van der Waals surface area contributed by atoms with Gasteiger partial charge in [-0.2, -0.15) is 0 Å². The number of hydrogen-bond donors (Lipinski definition) is 8. The Balaban J connectivity index is 2.44. The minimum absolute atomic E-state index is 0.255. The van der Waals surface area contributed by atoms with Crippen LogP contribution >= 0.6 is 0 Å². The van der Waals surface area contributed by atoms with Crippen LogP contribution in [0.15, 0.2) is 12.2 Å². The first kappa shape index (κ1) is 54.9. The zero-order valence-corrected chi connectivity index (χ0v) is 37.0. The highest BCUT2D eigenvalue weighted by Gasteiger charge is 2.44. The monoisotopic (exact) mass is 830 g/mol. The molecule has 9 unspecified atom stereocenters. The molecule has 1 amide bonds. The lowest BCUT2D eigenvalue weighted by molar-refractivity contribution is -0.303. The molecule has 58 heavy (non-hydrogen) atoms. The molecule has 11 nitrogen and oxygen atoms in total. The predicted molar refractivity (Wildman–Crippen MR) is 233 cm³/mol. The van der Waals surface area contributed by atoms with Gasteiger partial charge in [-0.15, -0.1) is 0 Å². The lowest BCUT2D eigenvalue weighted by Gasteiger charge is -2.40. The molecule has 11 heteroatoms. The molecule has 9 atom stereocenters. The third kappa shape index (κ3) is 26.9. The van der Waals surface area contributed by atoms with Crippen LogP contribution in [0.2, 0.25) is 0 Å². The van der Waals surface area contributed by atoms with Crippen LogP contribution in [-0.2, 0) is 14.3 Å². The Morgan fingerprint density at radius 3 is 1.45 bits per heavy atom. The molecule has 0 aromatic carbocycles. The Bertz CT molecular complexity index is 954. The number of allylic oxidation sites excluding steroid dienone is 2. The van der Waals surface area contributed by atoms with Crippen LogP contribution in [0, 0.1) is 0 Å². The Morgan fingerprint density at radius 2 is 1.00 bits per heavy atom. The topological polar surface area (TPSA) is 189 Å². The summed E-state index contributed by atoms with van der Waals surface area (Å²) in [6, 6.07) is -1.17. The van der Waals surface area contributed by atoms with E-state index in [-0.39, 0.29) is 6.42 Å². The lowest BCUT2D eigenvalue weighted by Crippen LogP contribution is -2.60. The van der Waals surface area contributed by atoms with Crippen molar-refractivity contribution in [2.24, 2.45) is 0 Å². The molecule has 0 aromatic heterocycles. The van der Waals surface area contributed by atoms with E-state index in [9.17, 15) is 40.5 Å². The molecule has 0 saturated carbocycles. The van der Waals surface area contributed by atoms with E-state index in [1.54, 1.807) is 0 Å². The van der Waals surface area contributed by atoms with Gasteiger partial charge in [0.2, 0.25) is 5.91 Å². The van der Waals surface area contributed by atoms with E-state index in [2.05, 4.69) is 31.3 Å². The van der Waals surface area contributed by atoms with Crippen LogP contribution in [0.3, 0.4) is 0 Å². The molecule has 0 aromatic rings. The first-order valence-corrected chi connectivity index (χ1v) is 24.1. The Morgan fingerprint density at radius 1 is 0.586 bits per heavy atom. The van der Waals surface area contributed by atoms with Crippen molar-refractivity contribution in [1.29, 1.82) is 0 Å². The van der Waals surface area contributed by atoms with E-state index in [1.807, 2.05) is 0 Å². The first-order chi connectivity index (χ1) is 28.2. The second-order valence-electron chi connectivity index (χ2n) is 17.2. The van der Waals surface area contributed by atoms with Gasteiger partial charge in [0.15, 0.2) is 6.29 Å². The number of carbonyl (C=O) groups excluding carboxylic acids is 1. The van der Waals surface area contributed by atoms with Gasteiger partial charge in [-0.05, 0) is 38.5 Å². The number of hydrogen-bond acceptors (Lipinski definition) is 10. The normalized spacial score (nSPS) is 22.0. The van der Waals surface area contributed by atoms with Crippen molar-refractivity contribution in [2.45, 2.75) is 268 Å². The molecule has 344 valence electrons. The fraction of sp³-hybridized carbons (Fsp3) is 0.936. The molecule has 1 fully saturated rings. The third-order valence-corrected chi connectivity index (χ3v) is 11.8. The van der Waals surface area contributed by atoms with Crippen LogP contribution in [-0.4, -0.2) is 110 Å². The Labute approximate surface area is 353 Å². The maximum Gasteiger partial charge on any atom is 0.249 e. The molecule has 8 N–H and O–H groups in total. The van der Waals surface area contributed by atoms with Crippen LogP contribution in [0.4, 0.5) is 0 Å². The molecule has 1 aliphatic heterocycles. The number of unbranched alkanes of at least 4 members (excludes halogenated alkanes) is 26. The minimum Gasteiger partial charge on any atom is -0.394 e. The van der Waals surface area contributed by atoms with E-state index in [0.717, 1.165) is 57.8 Å². The number of aliphatic hydroxyl groups is 7. The van der Waals surface area contributed by atoms with Gasteiger partial charge in [-0.3, -0.25) is 4.79 Å². The smallest absolute Gasteiger partial charge is 0.249 e. The maximum atomic E-state index is 13.1. The van der Waals surface area contributed by atoms with Gasteiger partial charge >= 0.3 is 0 Å². The van der Waals surface area contributed by atoms with Gasteiger partial charge in [-0.25, -0.2) is 0 Å². The van der Waals surface area contributed by atoms with Crippen LogP contribution in [0.1, 0.15) is 213 Å². The Hall–Kier alpha value is -1.15. The van der Waals surface area contributed by atoms with Gasteiger partial charge < -0.3 is 50.5 Å². The summed E-state index contributed by atoms with van der Waals surface area (Å²) >= 11 is 0. The van der Waals surface area contributed by atoms with Crippen molar-refractivity contribution in [2.75, 3.05) is 13.2 Å². The van der Waals surface area contributed by atoms with Crippen LogP contribution < -0.4 is 5.32 Å². The second kappa shape index (κ2) is 37.6. The van der Waals surface area contributed by atoms with E-state index >= 15 is 0 Å². The highest BCUT2D eigenvalue weighted by molar-refractivity contribution is 5.80. The van der Waals surface area contributed by atoms with Gasteiger partial charge in [0.05, 0.1) is 25.4 Å². The fourth-order valence-electron chi connectivity index (χ4n) is 7.79. The summed E-state index contributed by atoms with van der Waals surface area (Å²) in [6.07, 6.45) is 28.2. The van der Waals surface area contributed by atoms with Crippen molar-refractivity contribution in [3.63, 3.8) is 0 Å². The van der Waals surface area contributed by atoms with Gasteiger partial charge in [0.25, 0.3) is 0 Å². The molecule has 0 aliphatic carbocycles. The first-order valence-electron chi connectivity index (χ1n) is 24.1. The van der Waals surface area contributed by atoms with Crippen LogP contribution in [0.5, 0.6) is 0 Å².